The van der Waals surface area contributed by atoms with Crippen molar-refractivity contribution < 1.29 is 32.2 Å². The summed E-state index contributed by atoms with van der Waals surface area (Å²) in [6.45, 7) is 0. The Kier molecular flexibility index (Phi) is 5.50. The highest BCUT2D eigenvalue weighted by molar-refractivity contribution is 6.14. The van der Waals surface area contributed by atoms with Crippen LogP contribution in [0.15, 0.2) is 42.5 Å². The zero-order valence-corrected chi connectivity index (χ0v) is 15.8. The molecule has 0 bridgehead atoms. The van der Waals surface area contributed by atoms with E-state index in [0.29, 0.717) is 0 Å². The topological polar surface area (TPSA) is 104 Å². The third-order valence-corrected chi connectivity index (χ3v) is 4.30. The first-order valence-corrected chi connectivity index (χ1v) is 8.50. The van der Waals surface area contributed by atoms with Crippen LogP contribution in [0.5, 0.6) is 5.75 Å². The smallest absolute Gasteiger partial charge is 0.433 e. The van der Waals surface area contributed by atoms with Gasteiger partial charge in [-0.1, -0.05) is 0 Å². The van der Waals surface area contributed by atoms with E-state index in [9.17, 15) is 22.8 Å². The Balaban J connectivity index is 2.05. The van der Waals surface area contributed by atoms with Crippen LogP contribution in [-0.2, 0) is 10.9 Å². The van der Waals surface area contributed by atoms with E-state index in [1.807, 2.05) is 0 Å². The number of carbonyl (C=O) groups excluding carboxylic acids is 2. The largest absolute Gasteiger partial charge is 0.494 e. The molecule has 0 spiro atoms. The molecule has 0 saturated carbocycles. The number of fused-ring (bicyclic) bond motifs is 1. The minimum absolute atomic E-state index is 0.0508. The molecule has 1 heterocycles. The molecular weight excluding hydrogens is 403 g/mol. The van der Waals surface area contributed by atoms with E-state index in [1.54, 1.807) is 0 Å². The number of methoxy groups -OCH3 is 2. The minimum Gasteiger partial charge on any atom is -0.494 e. The fourth-order valence-electron chi connectivity index (χ4n) is 2.81. The molecule has 156 valence electrons. The number of aromatic nitrogens is 1. The Morgan fingerprint density at radius 1 is 1.07 bits per heavy atom. The highest BCUT2D eigenvalue weighted by Crippen LogP contribution is 2.33. The van der Waals surface area contributed by atoms with Gasteiger partial charge in [0.2, 0.25) is 0 Å². The maximum atomic E-state index is 13.0. The van der Waals surface area contributed by atoms with Gasteiger partial charge in [0.05, 0.1) is 31.2 Å². The number of alkyl halides is 3. The lowest BCUT2D eigenvalue weighted by atomic mass is 10.1. The van der Waals surface area contributed by atoms with Crippen molar-refractivity contribution in [2.75, 3.05) is 25.3 Å². The summed E-state index contributed by atoms with van der Waals surface area (Å²) in [5.74, 6) is -1.19. The van der Waals surface area contributed by atoms with Gasteiger partial charge >= 0.3 is 12.1 Å². The minimum atomic E-state index is -4.65. The van der Waals surface area contributed by atoms with Crippen LogP contribution in [0.2, 0.25) is 0 Å². The van der Waals surface area contributed by atoms with Gasteiger partial charge in [-0.15, -0.1) is 0 Å². The molecule has 3 rings (SSSR count). The predicted octanol–water partition coefficient (Wildman–Crippen LogP) is 3.88. The molecule has 3 N–H and O–H groups in total. The fraction of sp³-hybridized carbons (Fsp3) is 0.150. The van der Waals surface area contributed by atoms with Crippen molar-refractivity contribution in [3.05, 3.63) is 59.3 Å². The van der Waals surface area contributed by atoms with E-state index in [2.05, 4.69) is 15.0 Å². The van der Waals surface area contributed by atoms with Crippen LogP contribution in [0.25, 0.3) is 10.9 Å². The number of nitrogen functional groups attached to an aromatic ring is 1. The fourth-order valence-corrected chi connectivity index (χ4v) is 2.81. The molecule has 1 aromatic heterocycles. The maximum absolute atomic E-state index is 13.0. The summed E-state index contributed by atoms with van der Waals surface area (Å²) < 4.78 is 48.8. The van der Waals surface area contributed by atoms with Crippen LogP contribution in [0, 0.1) is 0 Å². The van der Waals surface area contributed by atoms with E-state index < -0.39 is 23.7 Å². The Labute approximate surface area is 168 Å². The van der Waals surface area contributed by atoms with Gasteiger partial charge in [-0.2, -0.15) is 13.2 Å². The molecule has 2 aromatic carbocycles. The number of halogens is 3. The number of carbonyl (C=O) groups is 2. The number of nitrogens with two attached hydrogens (primary N) is 1. The molecule has 0 saturated heterocycles. The Morgan fingerprint density at radius 3 is 2.43 bits per heavy atom. The highest BCUT2D eigenvalue weighted by atomic mass is 19.4. The van der Waals surface area contributed by atoms with E-state index in [0.717, 1.165) is 12.1 Å². The van der Waals surface area contributed by atoms with Gasteiger partial charge in [0.25, 0.3) is 5.91 Å². The number of anilines is 2. The standard InChI is InChI=1S/C20H16F3N3O4/c1-29-15-7-4-12(11-5-8-16(20(21,22)23)26-17(11)15)18(27)25-14-9-10(19(28)30-2)3-6-13(14)24/h3-9H,24H2,1-2H3,(H,25,27). The molecule has 30 heavy (non-hydrogen) atoms. The molecule has 3 aromatic rings. The maximum Gasteiger partial charge on any atom is 0.433 e. The van der Waals surface area contributed by atoms with Crippen molar-refractivity contribution in [2.24, 2.45) is 0 Å². The van der Waals surface area contributed by atoms with Gasteiger partial charge in [0.1, 0.15) is 17.0 Å². The second-order valence-electron chi connectivity index (χ2n) is 6.15. The van der Waals surface area contributed by atoms with E-state index in [4.69, 9.17) is 10.5 Å². The van der Waals surface area contributed by atoms with Crippen LogP contribution in [0.4, 0.5) is 24.5 Å². The summed E-state index contributed by atoms with van der Waals surface area (Å²) in [6.07, 6.45) is -4.65. The summed E-state index contributed by atoms with van der Waals surface area (Å²) in [7, 11) is 2.50. The Hall–Kier alpha value is -3.82. The summed E-state index contributed by atoms with van der Waals surface area (Å²) in [4.78, 5) is 28.2. The number of benzene rings is 2. The molecule has 0 radical (unpaired) electrons. The molecule has 0 fully saturated rings. The third kappa shape index (κ3) is 3.97. The second-order valence-corrected chi connectivity index (χ2v) is 6.15. The van der Waals surface area contributed by atoms with Crippen molar-refractivity contribution in [2.45, 2.75) is 6.18 Å². The number of amides is 1. The normalized spacial score (nSPS) is 11.2. The van der Waals surface area contributed by atoms with Crippen molar-refractivity contribution in [3.8, 4) is 5.75 Å². The van der Waals surface area contributed by atoms with Crippen molar-refractivity contribution in [1.29, 1.82) is 0 Å². The monoisotopic (exact) mass is 419 g/mol. The van der Waals surface area contributed by atoms with Gasteiger partial charge in [-0.3, -0.25) is 4.79 Å². The molecule has 0 atom stereocenters. The number of hydrogen-bond donors (Lipinski definition) is 2. The number of rotatable bonds is 4. The van der Waals surface area contributed by atoms with E-state index >= 15 is 0 Å². The Morgan fingerprint density at radius 2 is 1.80 bits per heavy atom. The second kappa shape index (κ2) is 7.90. The zero-order chi connectivity index (χ0) is 22.1. The summed E-state index contributed by atoms with van der Waals surface area (Å²) in [6, 6.07) is 8.87. The number of nitrogens with zero attached hydrogens (tertiary/aromatic N) is 1. The molecule has 0 aliphatic rings. The van der Waals surface area contributed by atoms with Gasteiger partial charge in [0, 0.05) is 10.9 Å². The van der Waals surface area contributed by atoms with Gasteiger partial charge in [-0.05, 0) is 42.5 Å². The van der Waals surface area contributed by atoms with Crippen LogP contribution >= 0.6 is 0 Å². The number of pyridine rings is 1. The number of ether oxygens (including phenoxy) is 2. The van der Waals surface area contributed by atoms with E-state index in [1.165, 1.54) is 44.6 Å². The molecule has 0 unspecified atom stereocenters. The summed E-state index contributed by atoms with van der Waals surface area (Å²) in [5.41, 5.74) is 5.18. The molecule has 10 heteroatoms. The number of hydrogen-bond acceptors (Lipinski definition) is 6. The molecular formula is C20H16F3N3O4. The van der Waals surface area contributed by atoms with Crippen molar-refractivity contribution in [1.82, 2.24) is 4.98 Å². The average molecular weight is 419 g/mol. The lowest BCUT2D eigenvalue weighted by Gasteiger charge is -2.14. The first-order chi connectivity index (χ1) is 14.2. The number of esters is 1. The summed E-state index contributed by atoms with van der Waals surface area (Å²) in [5, 5.41) is 2.71. The van der Waals surface area contributed by atoms with Crippen LogP contribution in [-0.4, -0.2) is 31.1 Å². The van der Waals surface area contributed by atoms with E-state index in [-0.39, 0.29) is 39.2 Å². The van der Waals surface area contributed by atoms with Gasteiger partial charge in [0.15, 0.2) is 0 Å². The summed E-state index contributed by atoms with van der Waals surface area (Å²) >= 11 is 0. The SMILES string of the molecule is COC(=O)c1ccc(N)c(NC(=O)c2ccc(OC)c3nc(C(F)(F)F)ccc23)c1. The zero-order valence-electron chi connectivity index (χ0n) is 15.8. The first-order valence-electron chi connectivity index (χ1n) is 8.50. The lowest BCUT2D eigenvalue weighted by Crippen LogP contribution is -2.15. The third-order valence-electron chi connectivity index (χ3n) is 4.30. The van der Waals surface area contributed by atoms with Crippen LogP contribution in [0.3, 0.4) is 0 Å². The predicted molar refractivity (Wildman–Crippen MR) is 103 cm³/mol. The van der Waals surface area contributed by atoms with Gasteiger partial charge < -0.3 is 20.5 Å². The van der Waals surface area contributed by atoms with Crippen molar-refractivity contribution >= 4 is 34.2 Å². The first kappa shape index (κ1) is 20.9. The van der Waals surface area contributed by atoms with Gasteiger partial charge in [-0.25, -0.2) is 9.78 Å². The quantitative estimate of drug-likeness (QED) is 0.491. The van der Waals surface area contributed by atoms with Crippen molar-refractivity contribution in [3.63, 3.8) is 0 Å². The molecule has 7 nitrogen and oxygen atoms in total. The van der Waals surface area contributed by atoms with Crippen LogP contribution in [0.1, 0.15) is 26.4 Å². The lowest BCUT2D eigenvalue weighted by molar-refractivity contribution is -0.140. The molecule has 0 aliphatic carbocycles. The average Bonchev–Trinajstić information content (AvgIpc) is 2.72. The van der Waals surface area contributed by atoms with Crippen LogP contribution < -0.4 is 15.8 Å². The highest BCUT2D eigenvalue weighted by Gasteiger charge is 2.33. The Bertz CT molecular complexity index is 1150. The molecule has 1 amide bonds. The molecule has 0 aliphatic heterocycles. The number of nitrogens with one attached hydrogen (secondary N) is 1.